The molecule has 26 heavy (non-hydrogen) atoms. The Morgan fingerprint density at radius 1 is 1.19 bits per heavy atom. The predicted molar refractivity (Wildman–Crippen MR) is 96.4 cm³/mol. The van der Waals surface area contributed by atoms with Gasteiger partial charge in [-0.15, -0.1) is 10.2 Å². The van der Waals surface area contributed by atoms with Gasteiger partial charge in [0.1, 0.15) is 13.2 Å². The number of likely N-dealkylation sites (tertiary alicyclic amines) is 1. The van der Waals surface area contributed by atoms with E-state index >= 15 is 0 Å². The molecule has 2 aliphatic heterocycles. The molecule has 0 atom stereocenters. The first kappa shape index (κ1) is 17.2. The maximum absolute atomic E-state index is 12.3. The van der Waals surface area contributed by atoms with E-state index in [1.807, 2.05) is 23.1 Å². The third-order valence-corrected chi connectivity index (χ3v) is 5.45. The maximum Gasteiger partial charge on any atom is 0.277 e. The minimum Gasteiger partial charge on any atom is -0.486 e. The van der Waals surface area contributed by atoms with E-state index in [4.69, 9.17) is 13.9 Å². The van der Waals surface area contributed by atoms with Gasteiger partial charge in [-0.25, -0.2) is 0 Å². The molecule has 8 heteroatoms. The van der Waals surface area contributed by atoms with Crippen LogP contribution in [0.25, 0.3) is 11.5 Å². The first-order valence-electron chi connectivity index (χ1n) is 8.83. The number of fused-ring (bicyclic) bond motifs is 1. The van der Waals surface area contributed by atoms with Gasteiger partial charge in [0.05, 0.1) is 5.75 Å². The van der Waals surface area contributed by atoms with Crippen LogP contribution < -0.4 is 9.47 Å². The summed E-state index contributed by atoms with van der Waals surface area (Å²) in [7, 11) is 0. The fourth-order valence-electron chi connectivity index (χ4n) is 3.03. The molecule has 1 aromatic carbocycles. The number of nitrogens with zero attached hydrogens (tertiary/aromatic N) is 3. The quantitative estimate of drug-likeness (QED) is 0.761. The van der Waals surface area contributed by atoms with Crippen LogP contribution >= 0.6 is 11.8 Å². The number of hydrogen-bond donors (Lipinski definition) is 0. The second-order valence-corrected chi connectivity index (χ2v) is 7.51. The van der Waals surface area contributed by atoms with Gasteiger partial charge in [-0.1, -0.05) is 18.7 Å². The number of carbonyl (C=O) groups is 1. The molecule has 138 valence electrons. The van der Waals surface area contributed by atoms with Crippen LogP contribution in [0.1, 0.15) is 19.8 Å². The van der Waals surface area contributed by atoms with Crippen molar-refractivity contribution in [1.82, 2.24) is 15.1 Å². The SMILES string of the molecule is CC1CCN(C(=O)CSc2nnc(-c3ccc4c(c3)OCCO4)o2)CC1. The van der Waals surface area contributed by atoms with E-state index in [0.717, 1.165) is 37.2 Å². The molecule has 0 saturated carbocycles. The van der Waals surface area contributed by atoms with Crippen LogP contribution in [0.3, 0.4) is 0 Å². The lowest BCUT2D eigenvalue weighted by atomic mass is 9.99. The van der Waals surface area contributed by atoms with E-state index in [9.17, 15) is 4.79 Å². The number of amides is 1. The molecule has 0 spiro atoms. The second-order valence-electron chi connectivity index (χ2n) is 6.58. The van der Waals surface area contributed by atoms with Gasteiger partial charge < -0.3 is 18.8 Å². The number of hydrogen-bond acceptors (Lipinski definition) is 7. The van der Waals surface area contributed by atoms with E-state index < -0.39 is 0 Å². The van der Waals surface area contributed by atoms with Gasteiger partial charge in [0.2, 0.25) is 11.8 Å². The molecule has 0 N–H and O–H groups in total. The summed E-state index contributed by atoms with van der Waals surface area (Å²) in [6.45, 7) is 4.99. The molecule has 0 aliphatic carbocycles. The number of ether oxygens (including phenoxy) is 2. The highest BCUT2D eigenvalue weighted by Gasteiger charge is 2.21. The van der Waals surface area contributed by atoms with E-state index in [1.165, 1.54) is 11.8 Å². The van der Waals surface area contributed by atoms with Crippen LogP contribution in [-0.4, -0.2) is 53.1 Å². The number of benzene rings is 1. The number of rotatable bonds is 4. The van der Waals surface area contributed by atoms with Gasteiger partial charge >= 0.3 is 0 Å². The van der Waals surface area contributed by atoms with Crippen LogP contribution in [0.5, 0.6) is 11.5 Å². The molecule has 3 heterocycles. The maximum atomic E-state index is 12.3. The van der Waals surface area contributed by atoms with Gasteiger partial charge in [0.15, 0.2) is 11.5 Å². The number of carbonyl (C=O) groups excluding carboxylic acids is 1. The molecule has 0 radical (unpaired) electrons. The normalized spacial score (nSPS) is 17.3. The molecule has 1 saturated heterocycles. The molecule has 2 aromatic rings. The van der Waals surface area contributed by atoms with Crippen LogP contribution in [0.2, 0.25) is 0 Å². The summed E-state index contributed by atoms with van der Waals surface area (Å²) in [6, 6.07) is 5.52. The van der Waals surface area contributed by atoms with Crippen LogP contribution in [-0.2, 0) is 4.79 Å². The molecule has 7 nitrogen and oxygen atoms in total. The molecule has 1 fully saturated rings. The van der Waals surface area contributed by atoms with Gasteiger partial charge in [0, 0.05) is 18.7 Å². The molecular weight excluding hydrogens is 354 g/mol. The standard InChI is InChI=1S/C18H21N3O4S/c1-12-4-6-21(7-5-12)16(22)11-26-18-20-19-17(25-18)13-2-3-14-15(10-13)24-9-8-23-14/h2-3,10,12H,4-9,11H2,1H3. The largest absolute Gasteiger partial charge is 0.486 e. The summed E-state index contributed by atoms with van der Waals surface area (Å²) in [6.07, 6.45) is 2.15. The van der Waals surface area contributed by atoms with Crippen molar-refractivity contribution in [2.45, 2.75) is 25.0 Å². The average Bonchev–Trinajstić information content (AvgIpc) is 3.15. The Hall–Kier alpha value is -2.22. The van der Waals surface area contributed by atoms with Crippen molar-refractivity contribution in [3.05, 3.63) is 18.2 Å². The Balaban J connectivity index is 1.37. The van der Waals surface area contributed by atoms with Crippen molar-refractivity contribution in [2.75, 3.05) is 32.1 Å². The number of piperidine rings is 1. The highest BCUT2D eigenvalue weighted by Crippen LogP contribution is 2.34. The minimum atomic E-state index is 0.126. The van der Waals surface area contributed by atoms with E-state index in [1.54, 1.807) is 0 Å². The van der Waals surface area contributed by atoms with Crippen molar-refractivity contribution >= 4 is 17.7 Å². The monoisotopic (exact) mass is 375 g/mol. The zero-order chi connectivity index (χ0) is 17.9. The van der Waals surface area contributed by atoms with E-state index in [0.29, 0.717) is 41.7 Å². The van der Waals surface area contributed by atoms with Crippen LogP contribution in [0, 0.1) is 5.92 Å². The van der Waals surface area contributed by atoms with E-state index in [-0.39, 0.29) is 5.91 Å². The first-order valence-corrected chi connectivity index (χ1v) is 9.82. The Labute approximate surface area is 156 Å². The molecule has 2 aliphatic rings. The Morgan fingerprint density at radius 2 is 1.96 bits per heavy atom. The molecule has 1 amide bonds. The van der Waals surface area contributed by atoms with Crippen molar-refractivity contribution < 1.29 is 18.7 Å². The molecule has 1 aromatic heterocycles. The van der Waals surface area contributed by atoms with Gasteiger partial charge in [-0.3, -0.25) is 4.79 Å². The summed E-state index contributed by atoms with van der Waals surface area (Å²) in [5.41, 5.74) is 0.768. The summed E-state index contributed by atoms with van der Waals surface area (Å²) in [5.74, 6) is 2.95. The lowest BCUT2D eigenvalue weighted by molar-refractivity contribution is -0.129. The van der Waals surface area contributed by atoms with Crippen molar-refractivity contribution in [3.63, 3.8) is 0 Å². The summed E-state index contributed by atoms with van der Waals surface area (Å²) >= 11 is 1.28. The fourth-order valence-corrected chi connectivity index (χ4v) is 3.70. The molecular formula is C18H21N3O4S. The highest BCUT2D eigenvalue weighted by atomic mass is 32.2. The number of aromatic nitrogens is 2. The smallest absolute Gasteiger partial charge is 0.277 e. The number of thioether (sulfide) groups is 1. The van der Waals surface area contributed by atoms with Gasteiger partial charge in [-0.2, -0.15) is 0 Å². The zero-order valence-electron chi connectivity index (χ0n) is 14.6. The Bertz CT molecular complexity index is 786. The second kappa shape index (κ2) is 7.57. The van der Waals surface area contributed by atoms with E-state index in [2.05, 4.69) is 17.1 Å². The lowest BCUT2D eigenvalue weighted by Gasteiger charge is -2.30. The predicted octanol–water partition coefficient (Wildman–Crippen LogP) is 2.86. The summed E-state index contributed by atoms with van der Waals surface area (Å²) in [4.78, 5) is 14.2. The fraction of sp³-hybridized carbons (Fsp3) is 0.500. The molecule has 0 bridgehead atoms. The minimum absolute atomic E-state index is 0.126. The van der Waals surface area contributed by atoms with Crippen LogP contribution in [0.4, 0.5) is 0 Å². The lowest BCUT2D eigenvalue weighted by Crippen LogP contribution is -2.38. The van der Waals surface area contributed by atoms with Crippen LogP contribution in [0.15, 0.2) is 27.8 Å². The summed E-state index contributed by atoms with van der Waals surface area (Å²) < 4.78 is 16.8. The Kier molecular flexibility index (Phi) is 5.01. The van der Waals surface area contributed by atoms with Crippen molar-refractivity contribution in [2.24, 2.45) is 5.92 Å². The van der Waals surface area contributed by atoms with Crippen molar-refractivity contribution in [3.8, 4) is 23.0 Å². The zero-order valence-corrected chi connectivity index (χ0v) is 15.5. The molecule has 0 unspecified atom stereocenters. The third kappa shape index (κ3) is 3.80. The van der Waals surface area contributed by atoms with Gasteiger partial charge in [-0.05, 0) is 37.0 Å². The first-order chi connectivity index (χ1) is 12.7. The molecule has 4 rings (SSSR count). The third-order valence-electron chi connectivity index (χ3n) is 4.65. The Morgan fingerprint density at radius 3 is 2.77 bits per heavy atom. The summed E-state index contributed by atoms with van der Waals surface area (Å²) in [5, 5.41) is 8.51. The topological polar surface area (TPSA) is 77.7 Å². The highest BCUT2D eigenvalue weighted by molar-refractivity contribution is 7.99. The van der Waals surface area contributed by atoms with Gasteiger partial charge in [0.25, 0.3) is 5.22 Å². The average molecular weight is 375 g/mol. The van der Waals surface area contributed by atoms with Crippen molar-refractivity contribution in [1.29, 1.82) is 0 Å².